The molecule has 2 N–H and O–H groups in total. The van der Waals surface area contributed by atoms with E-state index in [1.807, 2.05) is 25.1 Å². The van der Waals surface area contributed by atoms with Gasteiger partial charge in [0.1, 0.15) is 0 Å². The third-order valence-electron chi connectivity index (χ3n) is 3.88. The van der Waals surface area contributed by atoms with E-state index < -0.39 is 10.0 Å². The minimum atomic E-state index is -3.27. The molecule has 25 heavy (non-hydrogen) atoms. The Hall–Kier alpha value is -1.64. The van der Waals surface area contributed by atoms with Crippen LogP contribution in [0, 0.1) is 0 Å². The zero-order valence-corrected chi connectivity index (χ0v) is 15.6. The summed E-state index contributed by atoms with van der Waals surface area (Å²) in [5.74, 6) is 0.665. The lowest BCUT2D eigenvalue weighted by molar-refractivity contribution is 0.0731. The number of morpholine rings is 1. The monoisotopic (exact) mass is 368 g/mol. The Labute approximate surface area is 150 Å². The third-order valence-corrected chi connectivity index (χ3v) is 5.73. The summed E-state index contributed by atoms with van der Waals surface area (Å²) in [6.45, 7) is 5.49. The summed E-state index contributed by atoms with van der Waals surface area (Å²) in [4.78, 5) is 4.38. The molecule has 0 amide bonds. The number of sulfonamides is 1. The van der Waals surface area contributed by atoms with Crippen molar-refractivity contribution in [2.45, 2.75) is 13.3 Å². The minimum absolute atomic E-state index is 0.0161. The predicted molar refractivity (Wildman–Crippen MR) is 100 cm³/mol. The average Bonchev–Trinajstić information content (AvgIpc) is 2.63. The molecule has 0 spiro atoms. The Morgan fingerprint density at radius 3 is 2.60 bits per heavy atom. The number of hydrogen-bond acceptors (Lipinski definition) is 4. The topological polar surface area (TPSA) is 83.0 Å². The fraction of sp³-hybridized carbons (Fsp3) is 0.588. The lowest BCUT2D eigenvalue weighted by Gasteiger charge is -2.25. The molecule has 1 aromatic carbocycles. The Balaban J connectivity index is 1.80. The number of ether oxygens (including phenoxy) is 1. The van der Waals surface area contributed by atoms with Crippen LogP contribution in [-0.4, -0.2) is 70.4 Å². The third kappa shape index (κ3) is 7.01. The quantitative estimate of drug-likeness (QED) is 0.514. The number of benzene rings is 1. The van der Waals surface area contributed by atoms with Crippen molar-refractivity contribution in [3.8, 4) is 0 Å². The second kappa shape index (κ2) is 10.4. The summed E-state index contributed by atoms with van der Waals surface area (Å²) >= 11 is 0. The molecule has 0 aliphatic carbocycles. The predicted octanol–water partition coefficient (Wildman–Crippen LogP) is 0.446. The van der Waals surface area contributed by atoms with Crippen molar-refractivity contribution >= 4 is 16.0 Å². The molecule has 140 valence electrons. The summed E-state index contributed by atoms with van der Waals surface area (Å²) in [5, 5.41) is 6.39. The highest BCUT2D eigenvalue weighted by Gasteiger charge is 2.23. The fourth-order valence-corrected chi connectivity index (χ4v) is 3.82. The molecule has 0 saturated carbocycles. The summed E-state index contributed by atoms with van der Waals surface area (Å²) in [6.07, 6.45) is 0.886. The van der Waals surface area contributed by atoms with E-state index in [0.717, 1.165) is 19.5 Å². The Bertz CT molecular complexity index is 629. The molecule has 0 aromatic heterocycles. The maximum Gasteiger partial charge on any atom is 0.216 e. The van der Waals surface area contributed by atoms with E-state index in [1.54, 1.807) is 0 Å². The summed E-state index contributed by atoms with van der Waals surface area (Å²) in [5.41, 5.74) is 1.25. The fourth-order valence-electron chi connectivity index (χ4n) is 2.54. The zero-order valence-electron chi connectivity index (χ0n) is 14.8. The summed E-state index contributed by atoms with van der Waals surface area (Å²) in [6, 6.07) is 10.2. The second-order valence-electron chi connectivity index (χ2n) is 5.75. The number of aliphatic imine (C=N–C) groups is 1. The maximum atomic E-state index is 12.3. The van der Waals surface area contributed by atoms with Gasteiger partial charge in [0.15, 0.2) is 5.96 Å². The van der Waals surface area contributed by atoms with E-state index in [4.69, 9.17) is 4.74 Å². The van der Waals surface area contributed by atoms with Gasteiger partial charge in [-0.3, -0.25) is 4.99 Å². The van der Waals surface area contributed by atoms with Crippen molar-refractivity contribution in [2.75, 3.05) is 51.7 Å². The van der Waals surface area contributed by atoms with Crippen molar-refractivity contribution in [2.24, 2.45) is 4.99 Å². The molecule has 1 heterocycles. The standard InChI is InChI=1S/C17H28N4O3S/c1-2-18-17(19-9-8-16-6-4-3-5-7-16)20-10-15-25(22,23)21-11-13-24-14-12-21/h3-7H,2,8-15H2,1H3,(H2,18,19,20). The highest BCUT2D eigenvalue weighted by Crippen LogP contribution is 2.05. The van der Waals surface area contributed by atoms with Crippen molar-refractivity contribution in [1.82, 2.24) is 14.9 Å². The summed E-state index contributed by atoms with van der Waals surface area (Å²) in [7, 11) is -3.27. The average molecular weight is 369 g/mol. The number of nitrogens with one attached hydrogen (secondary N) is 2. The normalized spacial score (nSPS) is 16.6. The van der Waals surface area contributed by atoms with Crippen molar-refractivity contribution in [3.05, 3.63) is 35.9 Å². The number of guanidine groups is 1. The Kier molecular flexibility index (Phi) is 8.17. The smallest absolute Gasteiger partial charge is 0.216 e. The van der Waals surface area contributed by atoms with Crippen LogP contribution in [-0.2, 0) is 21.2 Å². The van der Waals surface area contributed by atoms with Gasteiger partial charge >= 0.3 is 0 Å². The first-order chi connectivity index (χ1) is 12.1. The molecule has 0 atom stereocenters. The van der Waals surface area contributed by atoms with E-state index >= 15 is 0 Å². The van der Waals surface area contributed by atoms with Crippen LogP contribution in [0.25, 0.3) is 0 Å². The van der Waals surface area contributed by atoms with E-state index in [2.05, 4.69) is 27.8 Å². The SMILES string of the molecule is CCNC(=NCCS(=O)(=O)N1CCOCC1)NCCc1ccccc1. The van der Waals surface area contributed by atoms with Gasteiger partial charge in [-0.1, -0.05) is 30.3 Å². The number of rotatable bonds is 8. The molecule has 0 bridgehead atoms. The second-order valence-corrected chi connectivity index (χ2v) is 7.84. The molecule has 1 aliphatic rings. The van der Waals surface area contributed by atoms with Crippen LogP contribution in [0.15, 0.2) is 35.3 Å². The first kappa shape index (κ1) is 19.7. The largest absolute Gasteiger partial charge is 0.379 e. The molecule has 7 nitrogen and oxygen atoms in total. The molecular weight excluding hydrogens is 340 g/mol. The van der Waals surface area contributed by atoms with Crippen LogP contribution < -0.4 is 10.6 Å². The van der Waals surface area contributed by atoms with Gasteiger partial charge in [0.2, 0.25) is 10.0 Å². The molecule has 1 fully saturated rings. The molecule has 2 rings (SSSR count). The van der Waals surface area contributed by atoms with Gasteiger partial charge in [0.25, 0.3) is 0 Å². The van der Waals surface area contributed by atoms with E-state index in [-0.39, 0.29) is 12.3 Å². The van der Waals surface area contributed by atoms with Crippen molar-refractivity contribution < 1.29 is 13.2 Å². The molecule has 8 heteroatoms. The number of hydrogen-bond donors (Lipinski definition) is 2. The minimum Gasteiger partial charge on any atom is -0.379 e. The lowest BCUT2D eigenvalue weighted by Crippen LogP contribution is -2.42. The molecule has 0 unspecified atom stereocenters. The lowest BCUT2D eigenvalue weighted by atomic mass is 10.1. The first-order valence-electron chi connectivity index (χ1n) is 8.73. The van der Waals surface area contributed by atoms with Gasteiger partial charge in [0.05, 0.1) is 25.5 Å². The molecule has 0 radical (unpaired) electrons. The number of nitrogens with zero attached hydrogens (tertiary/aromatic N) is 2. The van der Waals surface area contributed by atoms with Crippen LogP contribution in [0.3, 0.4) is 0 Å². The Morgan fingerprint density at radius 1 is 1.20 bits per heavy atom. The van der Waals surface area contributed by atoms with E-state index in [1.165, 1.54) is 9.87 Å². The van der Waals surface area contributed by atoms with E-state index in [9.17, 15) is 8.42 Å². The molecular formula is C17H28N4O3S. The highest BCUT2D eigenvalue weighted by molar-refractivity contribution is 7.89. The van der Waals surface area contributed by atoms with Gasteiger partial charge in [0, 0.05) is 26.2 Å². The van der Waals surface area contributed by atoms with Gasteiger partial charge in [-0.2, -0.15) is 4.31 Å². The van der Waals surface area contributed by atoms with Crippen LogP contribution in [0.2, 0.25) is 0 Å². The van der Waals surface area contributed by atoms with Gasteiger partial charge in [-0.05, 0) is 18.9 Å². The van der Waals surface area contributed by atoms with E-state index in [0.29, 0.717) is 32.3 Å². The molecule has 1 aliphatic heterocycles. The van der Waals surface area contributed by atoms with Crippen molar-refractivity contribution in [3.63, 3.8) is 0 Å². The first-order valence-corrected chi connectivity index (χ1v) is 10.3. The van der Waals surface area contributed by atoms with Gasteiger partial charge in [-0.25, -0.2) is 8.42 Å². The maximum absolute atomic E-state index is 12.3. The van der Waals surface area contributed by atoms with Crippen molar-refractivity contribution in [1.29, 1.82) is 0 Å². The molecule has 1 saturated heterocycles. The molecule has 1 aromatic rings. The van der Waals surface area contributed by atoms with Gasteiger partial charge in [-0.15, -0.1) is 0 Å². The Morgan fingerprint density at radius 2 is 1.92 bits per heavy atom. The van der Waals surface area contributed by atoms with Crippen LogP contribution in [0.4, 0.5) is 0 Å². The highest BCUT2D eigenvalue weighted by atomic mass is 32.2. The van der Waals surface area contributed by atoms with Crippen LogP contribution in [0.1, 0.15) is 12.5 Å². The summed E-state index contributed by atoms with van der Waals surface area (Å²) < 4.78 is 31.3. The van der Waals surface area contributed by atoms with Crippen LogP contribution in [0.5, 0.6) is 0 Å². The van der Waals surface area contributed by atoms with Gasteiger partial charge < -0.3 is 15.4 Å². The zero-order chi connectivity index (χ0) is 18.0. The van der Waals surface area contributed by atoms with Crippen LogP contribution >= 0.6 is 0 Å².